The summed E-state index contributed by atoms with van der Waals surface area (Å²) in [6, 6.07) is -0.582. The molecular weight excluding hydrogens is 500 g/mol. The first kappa shape index (κ1) is 31.5. The summed E-state index contributed by atoms with van der Waals surface area (Å²) in [5, 5.41) is 10.7. The predicted octanol–water partition coefficient (Wildman–Crippen LogP) is 4.20. The van der Waals surface area contributed by atoms with Gasteiger partial charge in [-0.25, -0.2) is 9.59 Å². The van der Waals surface area contributed by atoms with Gasteiger partial charge in [-0.3, -0.25) is 33.3 Å². The fourth-order valence-electron chi connectivity index (χ4n) is 4.13. The quantitative estimate of drug-likeness (QED) is 0.201. The molecule has 1 aliphatic heterocycles. The van der Waals surface area contributed by atoms with Gasteiger partial charge in [-0.1, -0.05) is 71.6 Å². The summed E-state index contributed by atoms with van der Waals surface area (Å²) in [4.78, 5) is 66.7. The van der Waals surface area contributed by atoms with Crippen molar-refractivity contribution in [3.8, 4) is 5.88 Å². The maximum Gasteiger partial charge on any atom is 0.333 e. The predicted molar refractivity (Wildman–Crippen MR) is 151 cm³/mol. The molecule has 0 aliphatic carbocycles. The van der Waals surface area contributed by atoms with E-state index in [1.807, 2.05) is 27.7 Å². The average molecular weight is 543 g/mol. The molecule has 1 saturated heterocycles. The lowest BCUT2D eigenvalue weighted by molar-refractivity contribution is -0.136. The third-order valence-corrected chi connectivity index (χ3v) is 6.54. The van der Waals surface area contributed by atoms with E-state index in [2.05, 4.69) is 0 Å². The van der Waals surface area contributed by atoms with E-state index in [9.17, 15) is 29.1 Å². The Hall–Kier alpha value is -3.69. The highest BCUT2D eigenvalue weighted by Crippen LogP contribution is 2.19. The topological polar surface area (TPSA) is 122 Å². The molecule has 2 rings (SSSR count). The van der Waals surface area contributed by atoms with Gasteiger partial charge >= 0.3 is 11.7 Å². The van der Waals surface area contributed by atoms with Gasteiger partial charge in [0.05, 0.1) is 0 Å². The second-order valence-corrected chi connectivity index (χ2v) is 9.56. The summed E-state index contributed by atoms with van der Waals surface area (Å²) in [5.74, 6) is -1.64. The van der Waals surface area contributed by atoms with Crippen molar-refractivity contribution < 1.29 is 19.5 Å². The largest absolute Gasteiger partial charge is 0.494 e. The van der Waals surface area contributed by atoms with Gasteiger partial charge < -0.3 is 5.11 Å². The maximum atomic E-state index is 13.0. The molecule has 0 bridgehead atoms. The van der Waals surface area contributed by atoms with Crippen LogP contribution in [0.3, 0.4) is 0 Å². The Kier molecular flexibility index (Phi) is 12.7. The van der Waals surface area contributed by atoms with Crippen molar-refractivity contribution >= 4 is 23.9 Å². The van der Waals surface area contributed by atoms with Crippen molar-refractivity contribution in [3.05, 3.63) is 56.3 Å². The highest BCUT2D eigenvalue weighted by molar-refractivity contribution is 6.28. The third kappa shape index (κ3) is 7.68. The van der Waals surface area contributed by atoms with Gasteiger partial charge in [-0.15, -0.1) is 0 Å². The van der Waals surface area contributed by atoms with E-state index in [4.69, 9.17) is 0 Å². The summed E-state index contributed by atoms with van der Waals surface area (Å²) < 4.78 is 2.37. The minimum atomic E-state index is -0.626. The molecule has 4 amide bonds. The van der Waals surface area contributed by atoms with Crippen LogP contribution in [-0.2, 0) is 22.7 Å². The van der Waals surface area contributed by atoms with Crippen LogP contribution in [0.5, 0.6) is 5.88 Å². The number of aromatic hydroxyl groups is 1. The number of allylic oxidation sites excluding steroid dienone is 4. The van der Waals surface area contributed by atoms with Gasteiger partial charge in [-0.2, -0.15) is 0 Å². The molecule has 10 heteroatoms. The van der Waals surface area contributed by atoms with Crippen LogP contribution in [0.2, 0.25) is 0 Å². The van der Waals surface area contributed by atoms with E-state index in [1.165, 1.54) is 34.9 Å². The molecule has 0 unspecified atom stereocenters. The highest BCUT2D eigenvalue weighted by atomic mass is 16.3. The molecule has 0 aromatic carbocycles. The lowest BCUT2D eigenvalue weighted by Crippen LogP contribution is -2.56. The third-order valence-electron chi connectivity index (χ3n) is 6.54. The Labute approximate surface area is 229 Å². The summed E-state index contributed by atoms with van der Waals surface area (Å²) in [6.07, 6.45) is 13.1. The Morgan fingerprint density at radius 1 is 0.641 bits per heavy atom. The first-order chi connectivity index (χ1) is 18.7. The van der Waals surface area contributed by atoms with Crippen molar-refractivity contribution in [3.63, 3.8) is 0 Å². The second kappa shape index (κ2) is 15.7. The summed E-state index contributed by atoms with van der Waals surface area (Å²) in [5.41, 5.74) is -1.22. The smallest absolute Gasteiger partial charge is 0.333 e. The van der Waals surface area contributed by atoms with Gasteiger partial charge in [0.25, 0.3) is 17.4 Å². The molecular formula is C29H42N4O6. The fourth-order valence-corrected chi connectivity index (χ4v) is 4.13. The number of imide groups is 2. The molecule has 10 nitrogen and oxygen atoms in total. The van der Waals surface area contributed by atoms with E-state index in [0.29, 0.717) is 32.2 Å². The Balaban J connectivity index is 2.39. The molecule has 0 atom stereocenters. The minimum Gasteiger partial charge on any atom is -0.494 e. The van der Waals surface area contributed by atoms with Crippen LogP contribution < -0.4 is 11.2 Å². The Morgan fingerprint density at radius 3 is 1.64 bits per heavy atom. The zero-order chi connectivity index (χ0) is 28.9. The summed E-state index contributed by atoms with van der Waals surface area (Å²) >= 11 is 0. The number of carbonyl (C=O) groups excluding carboxylic acids is 3. The molecule has 39 heavy (non-hydrogen) atoms. The van der Waals surface area contributed by atoms with Crippen LogP contribution in [-0.4, -0.2) is 55.0 Å². The molecule has 1 aliphatic rings. The van der Waals surface area contributed by atoms with E-state index in [-0.39, 0.29) is 36.7 Å². The number of aromatic nitrogens is 2. The number of barbiturate groups is 1. The SMILES string of the molecule is CCCCN1C(=O)C(=C/C=C/C=C/c2c(O)n(CCCC)c(=O)n(CCCC)c2=O)C(=O)N(CCCC)C1=O. The first-order valence-corrected chi connectivity index (χ1v) is 14.0. The van der Waals surface area contributed by atoms with Crippen molar-refractivity contribution in [2.45, 2.75) is 92.2 Å². The number of hydrogen-bond donors (Lipinski definition) is 1. The van der Waals surface area contributed by atoms with Gasteiger partial charge in [0.1, 0.15) is 11.1 Å². The van der Waals surface area contributed by atoms with Crippen molar-refractivity contribution in [1.29, 1.82) is 0 Å². The monoisotopic (exact) mass is 542 g/mol. The zero-order valence-corrected chi connectivity index (χ0v) is 23.6. The molecule has 1 aromatic rings. The lowest BCUT2D eigenvalue weighted by Gasteiger charge is -2.33. The molecule has 2 heterocycles. The molecule has 214 valence electrons. The highest BCUT2D eigenvalue weighted by Gasteiger charge is 2.40. The summed E-state index contributed by atoms with van der Waals surface area (Å²) in [7, 11) is 0. The lowest BCUT2D eigenvalue weighted by atomic mass is 10.1. The zero-order valence-electron chi connectivity index (χ0n) is 23.6. The van der Waals surface area contributed by atoms with Crippen molar-refractivity contribution in [1.82, 2.24) is 18.9 Å². The molecule has 1 N–H and O–H groups in total. The van der Waals surface area contributed by atoms with Crippen LogP contribution in [0.15, 0.2) is 39.5 Å². The van der Waals surface area contributed by atoms with E-state index in [0.717, 1.165) is 40.1 Å². The number of rotatable bonds is 15. The molecule has 1 aromatic heterocycles. The number of nitrogens with zero attached hydrogens (tertiary/aromatic N) is 4. The second-order valence-electron chi connectivity index (χ2n) is 9.56. The van der Waals surface area contributed by atoms with Crippen LogP contribution in [0, 0.1) is 0 Å². The van der Waals surface area contributed by atoms with Crippen molar-refractivity contribution in [2.24, 2.45) is 0 Å². The van der Waals surface area contributed by atoms with Gasteiger partial charge in [-0.05, 0) is 37.8 Å². The Morgan fingerprint density at radius 2 is 1.13 bits per heavy atom. The molecule has 0 radical (unpaired) electrons. The Bertz CT molecular complexity index is 1210. The van der Waals surface area contributed by atoms with Gasteiger partial charge in [0.15, 0.2) is 0 Å². The van der Waals surface area contributed by atoms with E-state index in [1.54, 1.807) is 0 Å². The number of unbranched alkanes of at least 4 members (excludes halogenated alkanes) is 4. The standard InChI is InChI=1S/C29H42N4O6/c1-5-9-18-30-24(34)22(25(35)31(28(30)38)19-10-6-2)16-14-13-15-17-23-26(36)32(20-11-7-3)29(39)33(27(23)37)21-12-8-4/h13-17,34H,5-12,18-21H2,1-4H3/b15-13+,16-14+. The van der Waals surface area contributed by atoms with Crippen LogP contribution in [0.25, 0.3) is 6.08 Å². The fraction of sp³-hybridized carbons (Fsp3) is 0.552. The van der Waals surface area contributed by atoms with Crippen LogP contribution in [0.1, 0.15) is 84.6 Å². The van der Waals surface area contributed by atoms with Gasteiger partial charge in [0, 0.05) is 26.2 Å². The number of urea groups is 1. The van der Waals surface area contributed by atoms with Crippen molar-refractivity contribution in [2.75, 3.05) is 13.1 Å². The molecule has 0 spiro atoms. The van der Waals surface area contributed by atoms with Gasteiger partial charge in [0.2, 0.25) is 5.88 Å². The number of carbonyl (C=O) groups is 3. The van der Waals surface area contributed by atoms with Crippen LogP contribution >= 0.6 is 0 Å². The summed E-state index contributed by atoms with van der Waals surface area (Å²) in [6.45, 7) is 8.88. The van der Waals surface area contributed by atoms with Crippen LogP contribution in [0.4, 0.5) is 4.79 Å². The number of hydrogen-bond acceptors (Lipinski definition) is 6. The molecule has 0 saturated carbocycles. The normalized spacial score (nSPS) is 14.5. The number of amides is 4. The molecule has 1 fully saturated rings. The van der Waals surface area contributed by atoms with E-state index < -0.39 is 29.1 Å². The van der Waals surface area contributed by atoms with E-state index >= 15 is 0 Å². The average Bonchev–Trinajstić information content (AvgIpc) is 2.91. The first-order valence-electron chi connectivity index (χ1n) is 14.0. The maximum absolute atomic E-state index is 13.0. The minimum absolute atomic E-state index is 0.00833.